The van der Waals surface area contributed by atoms with Crippen LogP contribution in [0.5, 0.6) is 0 Å². The number of benzene rings is 1. The zero-order valence-electron chi connectivity index (χ0n) is 10.7. The summed E-state index contributed by atoms with van der Waals surface area (Å²) in [5, 5.41) is 6.40. The molecule has 5 nitrogen and oxygen atoms in total. The molecule has 20 heavy (non-hydrogen) atoms. The molecule has 0 unspecified atom stereocenters. The summed E-state index contributed by atoms with van der Waals surface area (Å²) in [5.74, 6) is -0.570. The van der Waals surface area contributed by atoms with Crippen molar-refractivity contribution in [2.75, 3.05) is 0 Å². The average Bonchev–Trinajstić information content (AvgIpc) is 2.87. The van der Waals surface area contributed by atoms with Crippen LogP contribution < -0.4 is 5.14 Å². The summed E-state index contributed by atoms with van der Waals surface area (Å²) in [7, 11) is -3.78. The number of carbonyl (C=O) groups is 1. The van der Waals surface area contributed by atoms with E-state index in [2.05, 4.69) is 0 Å². The number of hydrogen-bond acceptors (Lipinski definition) is 5. The Labute approximate surface area is 121 Å². The third-order valence-corrected chi connectivity index (χ3v) is 5.10. The number of thiophene rings is 1. The second-order valence-electron chi connectivity index (χ2n) is 4.20. The van der Waals surface area contributed by atoms with Crippen LogP contribution in [0.2, 0.25) is 0 Å². The molecule has 0 saturated heterocycles. The first-order valence-electron chi connectivity index (χ1n) is 5.71. The normalized spacial score (nSPS) is 11.3. The van der Waals surface area contributed by atoms with E-state index in [1.807, 2.05) is 31.2 Å². The Hall–Kier alpha value is -1.70. The van der Waals surface area contributed by atoms with Gasteiger partial charge in [-0.3, -0.25) is 0 Å². The standard InChI is InChI=1S/C13H13NO4S2/c1-9-4-2-3-5-10(9)7-18-13(15)11-6-12(19-8-11)20(14,16)17/h2-6,8H,7H2,1H3,(H2,14,16,17). The number of primary sulfonamides is 1. The topological polar surface area (TPSA) is 86.5 Å². The zero-order chi connectivity index (χ0) is 14.8. The summed E-state index contributed by atoms with van der Waals surface area (Å²) < 4.78 is 27.4. The molecular formula is C13H13NO4S2. The molecule has 0 fully saturated rings. The van der Waals surface area contributed by atoms with Gasteiger partial charge in [-0.25, -0.2) is 18.4 Å². The van der Waals surface area contributed by atoms with Gasteiger partial charge < -0.3 is 4.74 Å². The van der Waals surface area contributed by atoms with Crippen molar-refractivity contribution in [3.63, 3.8) is 0 Å². The van der Waals surface area contributed by atoms with Crippen molar-refractivity contribution >= 4 is 27.3 Å². The fraction of sp³-hybridized carbons (Fsp3) is 0.154. The van der Waals surface area contributed by atoms with Crippen molar-refractivity contribution in [1.82, 2.24) is 0 Å². The van der Waals surface area contributed by atoms with Gasteiger partial charge in [0.2, 0.25) is 10.0 Å². The van der Waals surface area contributed by atoms with E-state index in [0.29, 0.717) is 0 Å². The molecule has 0 aliphatic rings. The second kappa shape index (κ2) is 5.74. The molecule has 0 aliphatic carbocycles. The lowest BCUT2D eigenvalue weighted by molar-refractivity contribution is 0.0472. The third-order valence-electron chi connectivity index (χ3n) is 2.71. The lowest BCUT2D eigenvalue weighted by atomic mass is 10.1. The quantitative estimate of drug-likeness (QED) is 0.876. The highest BCUT2D eigenvalue weighted by molar-refractivity contribution is 7.91. The molecular weight excluding hydrogens is 298 g/mol. The van der Waals surface area contributed by atoms with E-state index in [1.54, 1.807) is 0 Å². The Kier molecular flexibility index (Phi) is 4.22. The SMILES string of the molecule is Cc1ccccc1COC(=O)c1csc(S(N)(=O)=O)c1. The molecule has 0 saturated carbocycles. The van der Waals surface area contributed by atoms with E-state index in [0.717, 1.165) is 22.5 Å². The maximum Gasteiger partial charge on any atom is 0.339 e. The summed E-state index contributed by atoms with van der Waals surface area (Å²) in [6.45, 7) is 2.07. The van der Waals surface area contributed by atoms with Crippen molar-refractivity contribution < 1.29 is 17.9 Å². The summed E-state index contributed by atoms with van der Waals surface area (Å²) in [4.78, 5) is 11.8. The zero-order valence-corrected chi connectivity index (χ0v) is 12.3. The highest BCUT2D eigenvalue weighted by atomic mass is 32.2. The van der Waals surface area contributed by atoms with Gasteiger partial charge in [-0.2, -0.15) is 0 Å². The maximum atomic E-state index is 11.8. The molecule has 106 valence electrons. The first-order chi connectivity index (χ1) is 9.38. The number of hydrogen-bond donors (Lipinski definition) is 1. The van der Waals surface area contributed by atoms with Gasteiger partial charge in [0.05, 0.1) is 5.56 Å². The molecule has 2 aromatic rings. The molecule has 1 aromatic carbocycles. The Morgan fingerprint density at radius 1 is 1.35 bits per heavy atom. The predicted octanol–water partition coefficient (Wildman–Crippen LogP) is 2.06. The Morgan fingerprint density at radius 3 is 2.65 bits per heavy atom. The maximum absolute atomic E-state index is 11.8. The minimum atomic E-state index is -3.78. The van der Waals surface area contributed by atoms with Crippen LogP contribution in [0.1, 0.15) is 21.5 Å². The highest BCUT2D eigenvalue weighted by Crippen LogP contribution is 2.20. The van der Waals surface area contributed by atoms with Crippen LogP contribution in [0.3, 0.4) is 0 Å². The van der Waals surface area contributed by atoms with Crippen LogP contribution in [0.4, 0.5) is 0 Å². The van der Waals surface area contributed by atoms with E-state index < -0.39 is 16.0 Å². The fourth-order valence-corrected chi connectivity index (χ4v) is 3.15. The van der Waals surface area contributed by atoms with Crippen LogP contribution in [-0.2, 0) is 21.4 Å². The van der Waals surface area contributed by atoms with E-state index in [-0.39, 0.29) is 16.4 Å². The number of esters is 1. The second-order valence-corrected chi connectivity index (χ2v) is 6.90. The van der Waals surface area contributed by atoms with E-state index in [9.17, 15) is 13.2 Å². The van der Waals surface area contributed by atoms with Gasteiger partial charge in [-0.1, -0.05) is 24.3 Å². The van der Waals surface area contributed by atoms with Crippen LogP contribution in [0, 0.1) is 6.92 Å². The van der Waals surface area contributed by atoms with Crippen LogP contribution in [0.25, 0.3) is 0 Å². The van der Waals surface area contributed by atoms with Crippen molar-refractivity contribution in [1.29, 1.82) is 0 Å². The molecule has 0 bridgehead atoms. The van der Waals surface area contributed by atoms with E-state index in [1.165, 1.54) is 11.4 Å². The lowest BCUT2D eigenvalue weighted by Crippen LogP contribution is -2.10. The predicted molar refractivity (Wildman–Crippen MR) is 76.0 cm³/mol. The number of rotatable bonds is 4. The number of nitrogens with two attached hydrogens (primary N) is 1. The van der Waals surface area contributed by atoms with E-state index >= 15 is 0 Å². The van der Waals surface area contributed by atoms with Crippen molar-refractivity contribution in [2.45, 2.75) is 17.7 Å². The van der Waals surface area contributed by atoms with Crippen molar-refractivity contribution in [3.05, 3.63) is 52.4 Å². The van der Waals surface area contributed by atoms with Crippen LogP contribution in [0.15, 0.2) is 39.9 Å². The van der Waals surface area contributed by atoms with Gasteiger partial charge in [0.25, 0.3) is 0 Å². The molecule has 0 amide bonds. The third kappa shape index (κ3) is 3.44. The number of ether oxygens (including phenoxy) is 1. The van der Waals surface area contributed by atoms with Crippen molar-refractivity contribution in [3.8, 4) is 0 Å². The van der Waals surface area contributed by atoms with Crippen LogP contribution in [-0.4, -0.2) is 14.4 Å². The fourth-order valence-electron chi connectivity index (χ4n) is 1.57. The molecule has 2 rings (SSSR count). The summed E-state index contributed by atoms with van der Waals surface area (Å²) in [6, 6.07) is 8.77. The van der Waals surface area contributed by atoms with Gasteiger partial charge in [-0.05, 0) is 24.1 Å². The first kappa shape index (κ1) is 14.7. The Balaban J connectivity index is 2.06. The minimum absolute atomic E-state index is 0.0552. The van der Waals surface area contributed by atoms with E-state index in [4.69, 9.17) is 9.88 Å². The number of aryl methyl sites for hydroxylation is 1. The Bertz CT molecular complexity index is 734. The summed E-state index contributed by atoms with van der Waals surface area (Å²) in [6.07, 6.45) is 0. The molecule has 7 heteroatoms. The number of sulfonamides is 1. The smallest absolute Gasteiger partial charge is 0.339 e. The van der Waals surface area contributed by atoms with Gasteiger partial charge in [0.15, 0.2) is 0 Å². The molecule has 0 spiro atoms. The molecule has 1 heterocycles. The molecule has 1 aromatic heterocycles. The van der Waals surface area contributed by atoms with Gasteiger partial charge in [0, 0.05) is 5.38 Å². The first-order valence-corrected chi connectivity index (χ1v) is 8.13. The molecule has 2 N–H and O–H groups in total. The molecule has 0 radical (unpaired) electrons. The monoisotopic (exact) mass is 311 g/mol. The minimum Gasteiger partial charge on any atom is -0.457 e. The Morgan fingerprint density at radius 2 is 2.05 bits per heavy atom. The van der Waals surface area contributed by atoms with Crippen molar-refractivity contribution in [2.24, 2.45) is 5.14 Å². The lowest BCUT2D eigenvalue weighted by Gasteiger charge is -2.06. The van der Waals surface area contributed by atoms with Crippen LogP contribution >= 0.6 is 11.3 Å². The summed E-state index contributed by atoms with van der Waals surface area (Å²) >= 11 is 0.896. The average molecular weight is 311 g/mol. The molecule has 0 atom stereocenters. The van der Waals surface area contributed by atoms with Gasteiger partial charge in [0.1, 0.15) is 10.8 Å². The molecule has 0 aliphatic heterocycles. The van der Waals surface area contributed by atoms with Gasteiger partial charge >= 0.3 is 5.97 Å². The number of carbonyl (C=O) groups excluding carboxylic acids is 1. The van der Waals surface area contributed by atoms with Gasteiger partial charge in [-0.15, -0.1) is 11.3 Å². The summed E-state index contributed by atoms with van der Waals surface area (Å²) in [5.41, 5.74) is 2.12. The largest absolute Gasteiger partial charge is 0.457 e. The highest BCUT2D eigenvalue weighted by Gasteiger charge is 2.16.